The summed E-state index contributed by atoms with van der Waals surface area (Å²) in [5.74, 6) is -1.80. The first kappa shape index (κ1) is 17.0. The Kier molecular flexibility index (Phi) is 4.98. The highest BCUT2D eigenvalue weighted by molar-refractivity contribution is 5.95. The molecule has 1 rings (SSSR count). The molecule has 116 valence electrons. The third-order valence-electron chi connectivity index (χ3n) is 2.80. The van der Waals surface area contributed by atoms with Crippen LogP contribution in [0.3, 0.4) is 0 Å². The van der Waals surface area contributed by atoms with Crippen LogP contribution in [0, 0.1) is 5.41 Å². The number of carboxylic acid groups (broad SMARTS) is 1. The van der Waals surface area contributed by atoms with Gasteiger partial charge in [-0.15, -0.1) is 0 Å². The van der Waals surface area contributed by atoms with E-state index in [0.29, 0.717) is 5.56 Å². The van der Waals surface area contributed by atoms with Crippen LogP contribution in [0.15, 0.2) is 24.3 Å². The molecule has 0 fully saturated rings. The van der Waals surface area contributed by atoms with Crippen molar-refractivity contribution in [3.05, 3.63) is 29.8 Å². The van der Waals surface area contributed by atoms with Gasteiger partial charge >= 0.3 is 12.1 Å². The number of carboxylic acids is 1. The number of halogens is 3. The molecule has 0 radical (unpaired) electrons. The van der Waals surface area contributed by atoms with Crippen LogP contribution >= 0.6 is 0 Å². The molecule has 1 amide bonds. The molecule has 0 aromatic heterocycles. The van der Waals surface area contributed by atoms with E-state index in [9.17, 15) is 22.8 Å². The van der Waals surface area contributed by atoms with Gasteiger partial charge in [0.15, 0.2) is 0 Å². The standard InChI is InChI=1S/C14H16F3NO3/c1-13(2,8-14(15,16)17)12(21)18-10-5-3-4-9(6-10)7-11(19)20/h3-6H,7-8H2,1-2H3,(H,18,21)(H,19,20). The van der Waals surface area contributed by atoms with Gasteiger partial charge in [-0.3, -0.25) is 9.59 Å². The summed E-state index contributed by atoms with van der Waals surface area (Å²) in [4.78, 5) is 22.5. The van der Waals surface area contributed by atoms with Crippen LogP contribution in [0.5, 0.6) is 0 Å². The lowest BCUT2D eigenvalue weighted by molar-refractivity contribution is -0.162. The lowest BCUT2D eigenvalue weighted by Crippen LogP contribution is -2.35. The normalized spacial score (nSPS) is 12.0. The van der Waals surface area contributed by atoms with Crippen LogP contribution in [0.25, 0.3) is 0 Å². The number of rotatable bonds is 5. The molecule has 0 spiro atoms. The lowest BCUT2D eigenvalue weighted by Gasteiger charge is -2.24. The number of hydrogen-bond donors (Lipinski definition) is 2. The number of amides is 1. The predicted octanol–water partition coefficient (Wildman–Crippen LogP) is 3.23. The van der Waals surface area contributed by atoms with Gasteiger partial charge in [0.2, 0.25) is 5.91 Å². The molecule has 1 aromatic carbocycles. The Labute approximate surface area is 120 Å². The maximum absolute atomic E-state index is 12.4. The Morgan fingerprint density at radius 2 is 1.86 bits per heavy atom. The molecule has 0 saturated carbocycles. The fraction of sp³-hybridized carbons (Fsp3) is 0.429. The van der Waals surface area contributed by atoms with E-state index in [2.05, 4.69) is 5.32 Å². The summed E-state index contributed by atoms with van der Waals surface area (Å²) in [6.45, 7) is 2.41. The van der Waals surface area contributed by atoms with Gasteiger partial charge in [0.05, 0.1) is 18.3 Å². The van der Waals surface area contributed by atoms with Crippen molar-refractivity contribution in [3.8, 4) is 0 Å². The van der Waals surface area contributed by atoms with Crippen LogP contribution in [-0.4, -0.2) is 23.2 Å². The van der Waals surface area contributed by atoms with Crippen molar-refractivity contribution in [3.63, 3.8) is 0 Å². The highest BCUT2D eigenvalue weighted by atomic mass is 19.4. The molecule has 0 aliphatic rings. The van der Waals surface area contributed by atoms with Gasteiger partial charge in [-0.2, -0.15) is 13.2 Å². The zero-order valence-corrected chi connectivity index (χ0v) is 11.6. The summed E-state index contributed by atoms with van der Waals surface area (Å²) in [6, 6.07) is 6.01. The molecular formula is C14H16F3NO3. The largest absolute Gasteiger partial charge is 0.481 e. The van der Waals surface area contributed by atoms with E-state index in [0.717, 1.165) is 0 Å². The van der Waals surface area contributed by atoms with Gasteiger partial charge in [0, 0.05) is 5.69 Å². The third kappa shape index (κ3) is 5.85. The fourth-order valence-electron chi connectivity index (χ4n) is 1.82. The zero-order chi connectivity index (χ0) is 16.3. The van der Waals surface area contributed by atoms with Crippen molar-refractivity contribution in [1.82, 2.24) is 0 Å². The van der Waals surface area contributed by atoms with E-state index in [-0.39, 0.29) is 12.1 Å². The fourth-order valence-corrected chi connectivity index (χ4v) is 1.82. The van der Waals surface area contributed by atoms with Crippen LogP contribution in [-0.2, 0) is 16.0 Å². The van der Waals surface area contributed by atoms with E-state index in [4.69, 9.17) is 5.11 Å². The zero-order valence-electron chi connectivity index (χ0n) is 11.6. The first-order chi connectivity index (χ1) is 9.49. The highest BCUT2D eigenvalue weighted by Crippen LogP contribution is 2.34. The molecule has 0 atom stereocenters. The van der Waals surface area contributed by atoms with Gasteiger partial charge in [0.1, 0.15) is 0 Å². The van der Waals surface area contributed by atoms with Gasteiger partial charge in [-0.25, -0.2) is 0 Å². The summed E-state index contributed by atoms with van der Waals surface area (Å²) in [5.41, 5.74) is -0.885. The van der Waals surface area contributed by atoms with E-state index in [1.54, 1.807) is 6.07 Å². The van der Waals surface area contributed by atoms with Crippen LogP contribution < -0.4 is 5.32 Å². The molecule has 7 heteroatoms. The van der Waals surface area contributed by atoms with Gasteiger partial charge in [-0.05, 0) is 17.7 Å². The topological polar surface area (TPSA) is 66.4 Å². The minimum atomic E-state index is -4.44. The summed E-state index contributed by atoms with van der Waals surface area (Å²) >= 11 is 0. The Bertz CT molecular complexity index is 539. The average Bonchev–Trinajstić information content (AvgIpc) is 2.24. The Hall–Kier alpha value is -2.05. The minimum absolute atomic E-state index is 0.227. The van der Waals surface area contributed by atoms with Gasteiger partial charge in [0.25, 0.3) is 0 Å². The molecule has 0 saturated heterocycles. The smallest absolute Gasteiger partial charge is 0.390 e. The maximum Gasteiger partial charge on any atom is 0.390 e. The second-order valence-electron chi connectivity index (χ2n) is 5.40. The SMILES string of the molecule is CC(C)(CC(F)(F)F)C(=O)Nc1cccc(CC(=O)O)c1. The number of alkyl halides is 3. The lowest BCUT2D eigenvalue weighted by atomic mass is 9.88. The van der Waals surface area contributed by atoms with Crippen molar-refractivity contribution in [1.29, 1.82) is 0 Å². The molecule has 0 heterocycles. The highest BCUT2D eigenvalue weighted by Gasteiger charge is 2.41. The molecule has 1 aromatic rings. The number of benzene rings is 1. The monoisotopic (exact) mass is 303 g/mol. The number of hydrogen-bond acceptors (Lipinski definition) is 2. The van der Waals surface area contributed by atoms with Gasteiger partial charge in [-0.1, -0.05) is 26.0 Å². The van der Waals surface area contributed by atoms with Crippen LogP contribution in [0.1, 0.15) is 25.8 Å². The predicted molar refractivity (Wildman–Crippen MR) is 70.9 cm³/mol. The number of carbonyl (C=O) groups excluding carboxylic acids is 1. The third-order valence-corrected chi connectivity index (χ3v) is 2.80. The summed E-state index contributed by atoms with van der Waals surface area (Å²) < 4.78 is 37.2. The molecule has 0 unspecified atom stereocenters. The van der Waals surface area contributed by atoms with Crippen LogP contribution in [0.2, 0.25) is 0 Å². The molecule has 0 bridgehead atoms. The quantitative estimate of drug-likeness (QED) is 0.877. The van der Waals surface area contributed by atoms with Gasteiger partial charge < -0.3 is 10.4 Å². The maximum atomic E-state index is 12.4. The summed E-state index contributed by atoms with van der Waals surface area (Å²) in [6.07, 6.45) is -5.90. The molecular weight excluding hydrogens is 287 g/mol. The first-order valence-electron chi connectivity index (χ1n) is 6.18. The van der Waals surface area contributed by atoms with Crippen molar-refractivity contribution >= 4 is 17.6 Å². The van der Waals surface area contributed by atoms with Crippen LogP contribution in [0.4, 0.5) is 18.9 Å². The number of nitrogens with one attached hydrogen (secondary N) is 1. The number of aliphatic carboxylic acids is 1. The van der Waals surface area contributed by atoms with Crippen molar-refractivity contribution in [2.75, 3.05) is 5.32 Å². The molecule has 2 N–H and O–H groups in total. The van der Waals surface area contributed by atoms with E-state index < -0.39 is 29.9 Å². The molecule has 0 aliphatic heterocycles. The summed E-state index contributed by atoms with van der Waals surface area (Å²) in [5, 5.41) is 11.1. The Morgan fingerprint density at radius 1 is 1.24 bits per heavy atom. The Balaban J connectivity index is 2.81. The van der Waals surface area contributed by atoms with Crippen molar-refractivity contribution in [2.24, 2.45) is 5.41 Å². The van der Waals surface area contributed by atoms with E-state index >= 15 is 0 Å². The second kappa shape index (κ2) is 6.15. The number of carbonyl (C=O) groups is 2. The number of anilines is 1. The first-order valence-corrected chi connectivity index (χ1v) is 6.18. The van der Waals surface area contributed by atoms with E-state index in [1.807, 2.05) is 0 Å². The second-order valence-corrected chi connectivity index (χ2v) is 5.40. The van der Waals surface area contributed by atoms with Crippen molar-refractivity contribution < 1.29 is 27.9 Å². The summed E-state index contributed by atoms with van der Waals surface area (Å²) in [7, 11) is 0. The molecule has 21 heavy (non-hydrogen) atoms. The molecule has 4 nitrogen and oxygen atoms in total. The minimum Gasteiger partial charge on any atom is -0.481 e. The van der Waals surface area contributed by atoms with Crippen molar-refractivity contribution in [2.45, 2.75) is 32.9 Å². The van der Waals surface area contributed by atoms with E-state index in [1.165, 1.54) is 32.0 Å². The molecule has 0 aliphatic carbocycles. The average molecular weight is 303 g/mol. The Morgan fingerprint density at radius 3 is 2.38 bits per heavy atom.